The fourth-order valence-electron chi connectivity index (χ4n) is 0.629. The molecular formula is C5H3F4NO2. The van der Waals surface area contributed by atoms with Crippen molar-refractivity contribution in [2.24, 2.45) is 0 Å². The second kappa shape index (κ2) is 2.65. The molecule has 1 aromatic rings. The number of aromatic nitrogens is 1. The summed E-state index contributed by atoms with van der Waals surface area (Å²) >= 11 is 0. The molecule has 0 fully saturated rings. The standard InChI is InChI=1S/C5H3F4NO2/c1-11-4-2(5(7,8)9)3(6)10-12-4/h1H3. The Bertz CT molecular complexity index is 279. The molecule has 12 heavy (non-hydrogen) atoms. The highest BCUT2D eigenvalue weighted by molar-refractivity contribution is 5.24. The number of halogens is 4. The van der Waals surface area contributed by atoms with E-state index in [-0.39, 0.29) is 0 Å². The fraction of sp³-hybridized carbons (Fsp3) is 0.400. The molecule has 0 radical (unpaired) electrons. The van der Waals surface area contributed by atoms with E-state index in [1.54, 1.807) is 0 Å². The second-order valence-corrected chi connectivity index (χ2v) is 1.84. The Hall–Kier alpha value is -1.27. The van der Waals surface area contributed by atoms with E-state index in [4.69, 9.17) is 0 Å². The van der Waals surface area contributed by atoms with Crippen LogP contribution in [-0.4, -0.2) is 12.3 Å². The summed E-state index contributed by atoms with van der Waals surface area (Å²) in [4.78, 5) is 0. The zero-order valence-electron chi connectivity index (χ0n) is 5.78. The number of hydrogen-bond acceptors (Lipinski definition) is 3. The number of ether oxygens (including phenoxy) is 1. The largest absolute Gasteiger partial charge is 0.467 e. The molecule has 0 aliphatic heterocycles. The summed E-state index contributed by atoms with van der Waals surface area (Å²) in [6.45, 7) is 0. The van der Waals surface area contributed by atoms with Gasteiger partial charge in [0.15, 0.2) is 5.56 Å². The molecule has 0 saturated carbocycles. The lowest BCUT2D eigenvalue weighted by Gasteiger charge is -2.02. The molecule has 1 heterocycles. The quantitative estimate of drug-likeness (QED) is 0.626. The zero-order chi connectivity index (χ0) is 9.35. The van der Waals surface area contributed by atoms with E-state index in [2.05, 4.69) is 14.4 Å². The minimum Gasteiger partial charge on any atom is -0.467 e. The molecule has 3 nitrogen and oxygen atoms in total. The summed E-state index contributed by atoms with van der Waals surface area (Å²) in [6, 6.07) is 0. The van der Waals surface area contributed by atoms with E-state index in [9.17, 15) is 17.6 Å². The Morgan fingerprint density at radius 3 is 2.33 bits per heavy atom. The summed E-state index contributed by atoms with van der Waals surface area (Å²) in [5.41, 5.74) is -1.62. The van der Waals surface area contributed by atoms with Gasteiger partial charge in [0.05, 0.1) is 7.11 Å². The molecule has 0 spiro atoms. The third kappa shape index (κ3) is 1.34. The lowest BCUT2D eigenvalue weighted by Crippen LogP contribution is -2.07. The van der Waals surface area contributed by atoms with E-state index in [0.717, 1.165) is 7.11 Å². The second-order valence-electron chi connectivity index (χ2n) is 1.84. The highest BCUT2D eigenvalue weighted by Crippen LogP contribution is 2.37. The van der Waals surface area contributed by atoms with E-state index < -0.39 is 23.6 Å². The van der Waals surface area contributed by atoms with Crippen molar-refractivity contribution < 1.29 is 26.8 Å². The first-order valence-corrected chi connectivity index (χ1v) is 2.73. The first kappa shape index (κ1) is 8.82. The van der Waals surface area contributed by atoms with Crippen molar-refractivity contribution in [2.75, 3.05) is 7.11 Å². The van der Waals surface area contributed by atoms with Crippen LogP contribution in [0.4, 0.5) is 17.6 Å². The molecule has 68 valence electrons. The number of nitrogens with zero attached hydrogens (tertiary/aromatic N) is 1. The SMILES string of the molecule is COc1onc(F)c1C(F)(F)F. The molecule has 0 aromatic carbocycles. The number of rotatable bonds is 1. The lowest BCUT2D eigenvalue weighted by molar-refractivity contribution is -0.141. The molecule has 7 heteroatoms. The van der Waals surface area contributed by atoms with Crippen molar-refractivity contribution in [3.05, 3.63) is 11.5 Å². The van der Waals surface area contributed by atoms with E-state index in [1.807, 2.05) is 0 Å². The smallest absolute Gasteiger partial charge is 0.427 e. The summed E-state index contributed by atoms with van der Waals surface area (Å²) < 4.78 is 56.0. The van der Waals surface area contributed by atoms with Crippen LogP contribution in [0.5, 0.6) is 5.95 Å². The van der Waals surface area contributed by atoms with Crippen LogP contribution in [0.15, 0.2) is 4.52 Å². The van der Waals surface area contributed by atoms with Crippen LogP contribution in [0.1, 0.15) is 5.56 Å². The van der Waals surface area contributed by atoms with Gasteiger partial charge in [-0.25, -0.2) is 0 Å². The van der Waals surface area contributed by atoms with Crippen LogP contribution < -0.4 is 4.74 Å². The molecule has 0 saturated heterocycles. The Morgan fingerprint density at radius 2 is 2.00 bits per heavy atom. The van der Waals surface area contributed by atoms with Crippen molar-refractivity contribution in [1.82, 2.24) is 5.16 Å². The van der Waals surface area contributed by atoms with Gasteiger partial charge in [-0.2, -0.15) is 17.6 Å². The van der Waals surface area contributed by atoms with Gasteiger partial charge in [-0.15, -0.1) is 0 Å². The zero-order valence-corrected chi connectivity index (χ0v) is 5.78. The maximum Gasteiger partial charge on any atom is 0.427 e. The van der Waals surface area contributed by atoms with Crippen molar-refractivity contribution in [1.29, 1.82) is 0 Å². The van der Waals surface area contributed by atoms with Crippen molar-refractivity contribution in [3.63, 3.8) is 0 Å². The monoisotopic (exact) mass is 185 g/mol. The Morgan fingerprint density at radius 1 is 1.42 bits per heavy atom. The maximum atomic E-state index is 12.3. The molecule has 0 aliphatic rings. The summed E-state index contributed by atoms with van der Waals surface area (Å²) in [7, 11) is 0.926. The Kier molecular flexibility index (Phi) is 1.95. The molecule has 0 N–H and O–H groups in total. The molecule has 1 aromatic heterocycles. The van der Waals surface area contributed by atoms with Gasteiger partial charge in [-0.1, -0.05) is 0 Å². The normalized spacial score (nSPS) is 11.8. The first-order chi connectivity index (χ1) is 5.46. The average Bonchev–Trinajstić information content (AvgIpc) is 2.29. The minimum atomic E-state index is -4.85. The van der Waals surface area contributed by atoms with Crippen LogP contribution in [0, 0.1) is 5.95 Å². The Balaban J connectivity index is 3.19. The van der Waals surface area contributed by atoms with Gasteiger partial charge in [0.2, 0.25) is 0 Å². The van der Waals surface area contributed by atoms with E-state index in [0.29, 0.717) is 0 Å². The molecular weight excluding hydrogens is 182 g/mol. The number of methoxy groups -OCH3 is 1. The van der Waals surface area contributed by atoms with E-state index >= 15 is 0 Å². The van der Waals surface area contributed by atoms with Gasteiger partial charge in [0.1, 0.15) is 0 Å². The molecule has 0 atom stereocenters. The maximum absolute atomic E-state index is 12.3. The summed E-state index contributed by atoms with van der Waals surface area (Å²) in [5.74, 6) is -2.70. The van der Waals surface area contributed by atoms with E-state index in [1.165, 1.54) is 0 Å². The van der Waals surface area contributed by atoms with Gasteiger partial charge in [-0.05, 0) is 5.16 Å². The average molecular weight is 185 g/mol. The molecule has 0 amide bonds. The number of hydrogen-bond donors (Lipinski definition) is 0. The fourth-order valence-corrected chi connectivity index (χ4v) is 0.629. The van der Waals surface area contributed by atoms with Gasteiger partial charge in [0.25, 0.3) is 5.95 Å². The minimum absolute atomic E-state index is 0.926. The van der Waals surface area contributed by atoms with Gasteiger partial charge in [0, 0.05) is 0 Å². The third-order valence-corrected chi connectivity index (χ3v) is 1.09. The van der Waals surface area contributed by atoms with Crippen LogP contribution >= 0.6 is 0 Å². The summed E-state index contributed by atoms with van der Waals surface area (Å²) in [5, 5.41) is 2.47. The van der Waals surface area contributed by atoms with Gasteiger partial charge in [-0.3, -0.25) is 0 Å². The van der Waals surface area contributed by atoms with Gasteiger partial charge >= 0.3 is 12.1 Å². The van der Waals surface area contributed by atoms with Gasteiger partial charge < -0.3 is 9.26 Å². The number of alkyl halides is 3. The highest BCUT2D eigenvalue weighted by Gasteiger charge is 2.42. The predicted octanol–water partition coefficient (Wildman–Crippen LogP) is 1.84. The van der Waals surface area contributed by atoms with Crippen LogP contribution in [-0.2, 0) is 6.18 Å². The first-order valence-electron chi connectivity index (χ1n) is 2.73. The van der Waals surface area contributed by atoms with Crippen LogP contribution in [0.3, 0.4) is 0 Å². The highest BCUT2D eigenvalue weighted by atomic mass is 19.4. The summed E-state index contributed by atoms with van der Waals surface area (Å²) in [6.07, 6.45) is -4.85. The van der Waals surface area contributed by atoms with Crippen molar-refractivity contribution >= 4 is 0 Å². The molecule has 0 aliphatic carbocycles. The van der Waals surface area contributed by atoms with Crippen molar-refractivity contribution in [3.8, 4) is 5.95 Å². The predicted molar refractivity (Wildman–Crippen MR) is 28.0 cm³/mol. The third-order valence-electron chi connectivity index (χ3n) is 1.09. The van der Waals surface area contributed by atoms with Crippen LogP contribution in [0.25, 0.3) is 0 Å². The molecule has 0 bridgehead atoms. The van der Waals surface area contributed by atoms with Crippen LogP contribution in [0.2, 0.25) is 0 Å². The topological polar surface area (TPSA) is 35.3 Å². The van der Waals surface area contributed by atoms with Crippen molar-refractivity contribution in [2.45, 2.75) is 6.18 Å². The Labute approximate surface area is 63.9 Å². The lowest BCUT2D eigenvalue weighted by atomic mass is 10.3. The molecule has 1 rings (SSSR count). The molecule has 0 unspecified atom stereocenters.